The number of thiazole rings is 1. The second-order valence-corrected chi connectivity index (χ2v) is 9.82. The molecule has 0 aliphatic carbocycles. The van der Waals surface area contributed by atoms with E-state index >= 15 is 0 Å². The first-order valence-corrected chi connectivity index (χ1v) is 12.6. The van der Waals surface area contributed by atoms with Gasteiger partial charge in [-0.3, -0.25) is 14.2 Å². The summed E-state index contributed by atoms with van der Waals surface area (Å²) in [5.74, 6) is -1.09. The number of carbonyl (C=O) groups is 3. The number of rotatable bonds is 6. The van der Waals surface area contributed by atoms with Crippen LogP contribution in [0.5, 0.6) is 5.75 Å². The lowest BCUT2D eigenvalue weighted by Gasteiger charge is -2.25. The highest BCUT2D eigenvalue weighted by molar-refractivity contribution is 7.07. The SMILES string of the molecule is COC(=O)c1ccc(C2C(C(=O)OC(C)C)=C(C)N=c3sc(=Cc4ccc(OC(C)=O)cc4)c(=O)n32)cc1. The fourth-order valence-corrected chi connectivity index (χ4v) is 5.09. The molecule has 3 aromatic rings. The number of fused-ring (bicyclic) bond motifs is 1. The van der Waals surface area contributed by atoms with Crippen LogP contribution >= 0.6 is 11.3 Å². The minimum atomic E-state index is -0.808. The summed E-state index contributed by atoms with van der Waals surface area (Å²) in [6.45, 7) is 6.52. The van der Waals surface area contributed by atoms with Crippen molar-refractivity contribution in [1.82, 2.24) is 4.57 Å². The van der Waals surface area contributed by atoms with E-state index in [1.54, 1.807) is 75.4 Å². The summed E-state index contributed by atoms with van der Waals surface area (Å²) in [4.78, 5) is 55.0. The highest BCUT2D eigenvalue weighted by atomic mass is 32.1. The van der Waals surface area contributed by atoms with Crippen molar-refractivity contribution in [3.05, 3.63) is 96.2 Å². The van der Waals surface area contributed by atoms with Gasteiger partial charge in [0, 0.05) is 6.92 Å². The van der Waals surface area contributed by atoms with Crippen molar-refractivity contribution >= 4 is 35.3 Å². The first-order chi connectivity index (χ1) is 18.1. The van der Waals surface area contributed by atoms with Gasteiger partial charge in [0.1, 0.15) is 5.75 Å². The number of esters is 3. The summed E-state index contributed by atoms with van der Waals surface area (Å²) < 4.78 is 17.2. The average molecular weight is 535 g/mol. The van der Waals surface area contributed by atoms with Gasteiger partial charge in [-0.2, -0.15) is 0 Å². The monoisotopic (exact) mass is 534 g/mol. The first-order valence-electron chi connectivity index (χ1n) is 11.8. The Morgan fingerprint density at radius 1 is 1.03 bits per heavy atom. The fourth-order valence-electron chi connectivity index (χ4n) is 4.04. The number of hydrogen-bond donors (Lipinski definition) is 0. The molecule has 1 aliphatic rings. The fraction of sp³-hybridized carbons (Fsp3) is 0.250. The molecule has 38 heavy (non-hydrogen) atoms. The van der Waals surface area contributed by atoms with Gasteiger partial charge in [0.25, 0.3) is 5.56 Å². The standard InChI is InChI=1S/C28H26N2O7S/c1-15(2)36-27(34)23-16(3)29-28-30(24(23)19-8-10-20(11-9-19)26(33)35-5)25(32)22(38-28)14-18-6-12-21(13-7-18)37-17(4)31/h6-15,24H,1-5H3. The van der Waals surface area contributed by atoms with Crippen LogP contribution in [0, 0.1) is 0 Å². The third-order valence-corrected chi connectivity index (χ3v) is 6.65. The Kier molecular flexibility index (Phi) is 7.72. The predicted octanol–water partition coefficient (Wildman–Crippen LogP) is 2.90. The minimum Gasteiger partial charge on any atom is -0.465 e. The number of carbonyl (C=O) groups excluding carboxylic acids is 3. The van der Waals surface area contributed by atoms with Gasteiger partial charge in [0.05, 0.1) is 40.6 Å². The lowest BCUT2D eigenvalue weighted by atomic mass is 9.95. The molecule has 9 nitrogen and oxygen atoms in total. The van der Waals surface area contributed by atoms with Crippen molar-refractivity contribution < 1.29 is 28.6 Å². The number of ether oxygens (including phenoxy) is 3. The Labute approximate surface area is 222 Å². The van der Waals surface area contributed by atoms with E-state index in [0.717, 1.165) is 5.56 Å². The van der Waals surface area contributed by atoms with Crippen molar-refractivity contribution in [3.8, 4) is 5.75 Å². The first kappa shape index (κ1) is 26.7. The summed E-state index contributed by atoms with van der Waals surface area (Å²) in [5, 5.41) is 0. The topological polar surface area (TPSA) is 113 Å². The molecule has 2 aromatic carbocycles. The Hall–Kier alpha value is -4.31. The molecule has 0 amide bonds. The molecule has 10 heteroatoms. The van der Waals surface area contributed by atoms with E-state index in [1.165, 1.54) is 29.9 Å². The summed E-state index contributed by atoms with van der Waals surface area (Å²) >= 11 is 1.20. The second-order valence-electron chi connectivity index (χ2n) is 8.81. The number of methoxy groups -OCH3 is 1. The van der Waals surface area contributed by atoms with E-state index in [2.05, 4.69) is 4.99 Å². The third kappa shape index (κ3) is 5.50. The van der Waals surface area contributed by atoms with Gasteiger partial charge in [-0.15, -0.1) is 0 Å². The molecule has 2 heterocycles. The van der Waals surface area contributed by atoms with E-state index in [-0.39, 0.29) is 17.2 Å². The number of aromatic nitrogens is 1. The van der Waals surface area contributed by atoms with E-state index in [0.29, 0.717) is 31.9 Å². The van der Waals surface area contributed by atoms with Gasteiger partial charge in [-0.1, -0.05) is 35.6 Å². The maximum atomic E-state index is 13.7. The summed E-state index contributed by atoms with van der Waals surface area (Å²) in [5.41, 5.74) is 2.03. The van der Waals surface area contributed by atoms with Crippen LogP contribution in [0.1, 0.15) is 55.2 Å². The Morgan fingerprint density at radius 3 is 2.26 bits per heavy atom. The number of nitrogens with zero attached hydrogens (tertiary/aromatic N) is 2. The normalized spacial score (nSPS) is 15.1. The molecule has 0 radical (unpaired) electrons. The maximum Gasteiger partial charge on any atom is 0.338 e. The van der Waals surface area contributed by atoms with Crippen molar-refractivity contribution in [2.75, 3.05) is 7.11 Å². The molecule has 0 fully saturated rings. The van der Waals surface area contributed by atoms with Gasteiger partial charge < -0.3 is 14.2 Å². The van der Waals surface area contributed by atoms with Gasteiger partial charge in [-0.25, -0.2) is 14.6 Å². The molecule has 1 atom stereocenters. The molecule has 1 aromatic heterocycles. The summed E-state index contributed by atoms with van der Waals surface area (Å²) in [6.07, 6.45) is 1.34. The highest BCUT2D eigenvalue weighted by Crippen LogP contribution is 2.31. The van der Waals surface area contributed by atoms with Crippen molar-refractivity contribution in [2.24, 2.45) is 4.99 Å². The van der Waals surface area contributed by atoms with E-state index in [4.69, 9.17) is 14.2 Å². The molecular weight excluding hydrogens is 508 g/mol. The smallest absolute Gasteiger partial charge is 0.338 e. The zero-order valence-electron chi connectivity index (χ0n) is 21.5. The highest BCUT2D eigenvalue weighted by Gasteiger charge is 2.33. The lowest BCUT2D eigenvalue weighted by Crippen LogP contribution is -2.40. The maximum absolute atomic E-state index is 13.7. The average Bonchev–Trinajstić information content (AvgIpc) is 3.17. The number of hydrogen-bond acceptors (Lipinski definition) is 9. The molecule has 196 valence electrons. The number of allylic oxidation sites excluding steroid dienone is 1. The van der Waals surface area contributed by atoms with Crippen molar-refractivity contribution in [2.45, 2.75) is 39.8 Å². The second kappa shape index (κ2) is 11.0. The van der Waals surface area contributed by atoms with Gasteiger partial charge in [-0.05, 0) is 62.2 Å². The van der Waals surface area contributed by atoms with E-state index in [9.17, 15) is 19.2 Å². The van der Waals surface area contributed by atoms with Crippen LogP contribution < -0.4 is 19.6 Å². The molecule has 0 saturated heterocycles. The van der Waals surface area contributed by atoms with Crippen LogP contribution in [-0.4, -0.2) is 35.7 Å². The van der Waals surface area contributed by atoms with Crippen LogP contribution in [0.15, 0.2) is 69.6 Å². The minimum absolute atomic E-state index is 0.245. The zero-order chi connectivity index (χ0) is 27.6. The third-order valence-electron chi connectivity index (χ3n) is 5.67. The molecule has 0 N–H and O–H groups in total. The van der Waals surface area contributed by atoms with Crippen molar-refractivity contribution in [1.29, 1.82) is 0 Å². The Bertz CT molecular complexity index is 1610. The van der Waals surface area contributed by atoms with Gasteiger partial charge in [0.2, 0.25) is 0 Å². The molecule has 1 unspecified atom stereocenters. The van der Waals surface area contributed by atoms with Gasteiger partial charge >= 0.3 is 17.9 Å². The van der Waals surface area contributed by atoms with Crippen LogP contribution in [0.25, 0.3) is 6.08 Å². The van der Waals surface area contributed by atoms with Crippen LogP contribution in [0.2, 0.25) is 0 Å². The van der Waals surface area contributed by atoms with E-state index < -0.39 is 23.9 Å². The number of benzene rings is 2. The summed E-state index contributed by atoms with van der Waals surface area (Å²) in [6, 6.07) is 12.5. The predicted molar refractivity (Wildman–Crippen MR) is 141 cm³/mol. The van der Waals surface area contributed by atoms with E-state index in [1.807, 2.05) is 0 Å². The zero-order valence-corrected chi connectivity index (χ0v) is 22.3. The van der Waals surface area contributed by atoms with Gasteiger partial charge in [0.15, 0.2) is 4.80 Å². The molecular formula is C28H26N2O7S. The molecule has 0 saturated carbocycles. The quantitative estimate of drug-likeness (QED) is 0.353. The van der Waals surface area contributed by atoms with Crippen LogP contribution in [-0.2, 0) is 19.1 Å². The van der Waals surface area contributed by atoms with Crippen molar-refractivity contribution in [3.63, 3.8) is 0 Å². The summed E-state index contributed by atoms with van der Waals surface area (Å²) in [7, 11) is 1.30. The largest absolute Gasteiger partial charge is 0.465 e. The molecule has 0 bridgehead atoms. The van der Waals surface area contributed by atoms with Crippen LogP contribution in [0.4, 0.5) is 0 Å². The molecule has 1 aliphatic heterocycles. The van der Waals surface area contributed by atoms with Crippen LogP contribution in [0.3, 0.4) is 0 Å². The Balaban J connectivity index is 1.85. The Morgan fingerprint density at radius 2 is 1.68 bits per heavy atom. The molecule has 4 rings (SSSR count). The lowest BCUT2D eigenvalue weighted by molar-refractivity contribution is -0.143. The molecule has 0 spiro atoms.